The third kappa shape index (κ3) is 4.62. The normalized spacial score (nSPS) is 19.2. The fraction of sp³-hybridized carbons (Fsp3) is 0.562. The molecular weight excluding hydrogens is 350 g/mol. The van der Waals surface area contributed by atoms with E-state index >= 15 is 0 Å². The Morgan fingerprint density at radius 1 is 1.32 bits per heavy atom. The highest BCUT2D eigenvalue weighted by molar-refractivity contribution is 7.92. The first-order valence-corrected chi connectivity index (χ1v) is 9.47. The Balaban J connectivity index is 2.40. The van der Waals surface area contributed by atoms with Gasteiger partial charge in [-0.05, 0) is 31.5 Å². The van der Waals surface area contributed by atoms with Gasteiger partial charge in [-0.1, -0.05) is 6.42 Å². The molecule has 1 heterocycles. The van der Waals surface area contributed by atoms with Crippen molar-refractivity contribution >= 4 is 15.8 Å². The molecule has 0 amide bonds. The summed E-state index contributed by atoms with van der Waals surface area (Å²) >= 11 is 0. The zero-order chi connectivity index (χ0) is 18.4. The van der Waals surface area contributed by atoms with E-state index in [9.17, 15) is 13.2 Å². The molecule has 1 saturated heterocycles. The third-order valence-corrected chi connectivity index (χ3v) is 6.06. The lowest BCUT2D eigenvalue weighted by atomic mass is 10.1. The second kappa shape index (κ2) is 8.50. The second-order valence-electron chi connectivity index (χ2n) is 5.69. The van der Waals surface area contributed by atoms with E-state index in [1.165, 1.54) is 32.4 Å². The number of rotatable bonds is 8. The molecule has 0 saturated carbocycles. The van der Waals surface area contributed by atoms with Crippen LogP contribution >= 0.6 is 0 Å². The van der Waals surface area contributed by atoms with E-state index < -0.39 is 33.9 Å². The van der Waals surface area contributed by atoms with Crippen molar-refractivity contribution in [2.75, 3.05) is 27.4 Å². The second-order valence-corrected chi connectivity index (χ2v) is 7.69. The first-order chi connectivity index (χ1) is 11.9. The van der Waals surface area contributed by atoms with Crippen LogP contribution in [-0.4, -0.2) is 58.3 Å². The molecule has 0 spiro atoms. The molecule has 0 radical (unpaired) electrons. The number of carbonyl (C=O) groups is 1. The molecule has 8 nitrogen and oxygen atoms in total. The first kappa shape index (κ1) is 19.5. The number of hydrogen-bond donors (Lipinski definition) is 2. The van der Waals surface area contributed by atoms with Crippen molar-refractivity contribution in [2.24, 2.45) is 0 Å². The minimum atomic E-state index is -3.99. The molecule has 1 aliphatic heterocycles. The van der Waals surface area contributed by atoms with Crippen LogP contribution in [0.25, 0.3) is 0 Å². The van der Waals surface area contributed by atoms with E-state index in [0.717, 1.165) is 12.8 Å². The maximum absolute atomic E-state index is 13.1. The molecule has 0 aliphatic carbocycles. The van der Waals surface area contributed by atoms with Crippen LogP contribution in [0.2, 0.25) is 0 Å². The van der Waals surface area contributed by atoms with Crippen LogP contribution in [0.5, 0.6) is 11.5 Å². The predicted molar refractivity (Wildman–Crippen MR) is 89.7 cm³/mol. The summed E-state index contributed by atoms with van der Waals surface area (Å²) in [6.07, 6.45) is 2.37. The summed E-state index contributed by atoms with van der Waals surface area (Å²) in [4.78, 5) is 10.8. The Morgan fingerprint density at radius 2 is 2.08 bits per heavy atom. The summed E-state index contributed by atoms with van der Waals surface area (Å²) < 4.78 is 41.8. The van der Waals surface area contributed by atoms with Crippen molar-refractivity contribution in [3.8, 4) is 11.5 Å². The molecule has 0 aromatic heterocycles. The molecule has 2 rings (SSSR count). The van der Waals surface area contributed by atoms with E-state index in [1.54, 1.807) is 0 Å². The maximum Gasteiger partial charge on any atom is 0.329 e. The summed E-state index contributed by atoms with van der Waals surface area (Å²) in [6, 6.07) is 3.88. The van der Waals surface area contributed by atoms with Crippen LogP contribution in [0.1, 0.15) is 19.3 Å². The van der Waals surface area contributed by atoms with Crippen molar-refractivity contribution in [2.45, 2.75) is 35.6 Å². The highest BCUT2D eigenvalue weighted by Crippen LogP contribution is 2.33. The molecular formula is C16H23NO7S. The Labute approximate surface area is 147 Å². The number of piperidine rings is 1. The Morgan fingerprint density at radius 3 is 2.64 bits per heavy atom. The molecule has 1 aliphatic rings. The molecule has 2 unspecified atom stereocenters. The van der Waals surface area contributed by atoms with Gasteiger partial charge in [0.2, 0.25) is 9.84 Å². The van der Waals surface area contributed by atoms with Gasteiger partial charge >= 0.3 is 5.97 Å². The van der Waals surface area contributed by atoms with E-state index in [-0.39, 0.29) is 10.6 Å². The Kier molecular flexibility index (Phi) is 6.63. The standard InChI is InChI=1S/C16H23NO7S/c1-22-11-6-7-14(13(9-11)23-2)25(20,21)16(24-10-15(18)19)12-5-3-4-8-17-12/h6-7,9,12,16-17H,3-5,8,10H2,1-2H3,(H,18,19). The predicted octanol–water partition coefficient (Wildman–Crippen LogP) is 1.05. The number of aliphatic carboxylic acids is 1. The molecule has 2 atom stereocenters. The van der Waals surface area contributed by atoms with Crippen molar-refractivity contribution < 1.29 is 32.5 Å². The average Bonchev–Trinajstić information content (AvgIpc) is 2.61. The van der Waals surface area contributed by atoms with Gasteiger partial charge in [0.05, 0.1) is 14.2 Å². The van der Waals surface area contributed by atoms with Crippen LogP contribution < -0.4 is 14.8 Å². The molecule has 1 fully saturated rings. The van der Waals surface area contributed by atoms with Crippen molar-refractivity contribution in [3.05, 3.63) is 18.2 Å². The molecule has 9 heteroatoms. The summed E-state index contributed by atoms with van der Waals surface area (Å²) in [5, 5.41) is 12.0. The van der Waals surface area contributed by atoms with E-state index in [0.29, 0.717) is 18.7 Å². The first-order valence-electron chi connectivity index (χ1n) is 7.93. The SMILES string of the molecule is COc1ccc(S(=O)(=O)C(OCC(=O)O)C2CCCCN2)c(OC)c1. The van der Waals surface area contributed by atoms with E-state index in [2.05, 4.69) is 5.32 Å². The van der Waals surface area contributed by atoms with Gasteiger partial charge in [0, 0.05) is 12.1 Å². The monoisotopic (exact) mass is 373 g/mol. The number of benzene rings is 1. The smallest absolute Gasteiger partial charge is 0.329 e. The van der Waals surface area contributed by atoms with Gasteiger partial charge < -0.3 is 24.6 Å². The number of carboxylic acids is 1. The fourth-order valence-corrected chi connectivity index (χ4v) is 4.66. The van der Waals surface area contributed by atoms with Gasteiger partial charge in [0.15, 0.2) is 5.44 Å². The van der Waals surface area contributed by atoms with Gasteiger partial charge in [0.1, 0.15) is 23.0 Å². The minimum Gasteiger partial charge on any atom is -0.497 e. The highest BCUT2D eigenvalue weighted by Gasteiger charge is 2.38. The number of methoxy groups -OCH3 is 2. The summed E-state index contributed by atoms with van der Waals surface area (Å²) in [7, 11) is -1.17. The lowest BCUT2D eigenvalue weighted by Crippen LogP contribution is -2.48. The zero-order valence-corrected chi connectivity index (χ0v) is 15.0. The largest absolute Gasteiger partial charge is 0.497 e. The van der Waals surface area contributed by atoms with Gasteiger partial charge in [-0.3, -0.25) is 0 Å². The molecule has 25 heavy (non-hydrogen) atoms. The van der Waals surface area contributed by atoms with E-state index in [1.807, 2.05) is 0 Å². The van der Waals surface area contributed by atoms with Crippen LogP contribution in [0.4, 0.5) is 0 Å². The van der Waals surface area contributed by atoms with Crippen molar-refractivity contribution in [1.29, 1.82) is 0 Å². The van der Waals surface area contributed by atoms with Crippen LogP contribution in [0.15, 0.2) is 23.1 Å². The summed E-state index contributed by atoms with van der Waals surface area (Å²) in [5.74, 6) is -0.647. The fourth-order valence-electron chi connectivity index (χ4n) is 2.82. The number of hydrogen-bond acceptors (Lipinski definition) is 7. The summed E-state index contributed by atoms with van der Waals surface area (Å²) in [5.41, 5.74) is -1.31. The molecule has 1 aromatic rings. The van der Waals surface area contributed by atoms with Crippen LogP contribution in [-0.2, 0) is 19.4 Å². The minimum absolute atomic E-state index is 0.0569. The molecule has 1 aromatic carbocycles. The number of ether oxygens (including phenoxy) is 3. The van der Waals surface area contributed by atoms with Gasteiger partial charge in [-0.2, -0.15) is 0 Å². The Bertz CT molecular complexity index is 698. The van der Waals surface area contributed by atoms with Gasteiger partial charge in [-0.15, -0.1) is 0 Å². The van der Waals surface area contributed by atoms with Gasteiger partial charge in [-0.25, -0.2) is 13.2 Å². The molecule has 140 valence electrons. The van der Waals surface area contributed by atoms with Gasteiger partial charge in [0.25, 0.3) is 0 Å². The third-order valence-electron chi connectivity index (χ3n) is 4.03. The van der Waals surface area contributed by atoms with Crippen LogP contribution in [0, 0.1) is 0 Å². The topological polar surface area (TPSA) is 111 Å². The van der Waals surface area contributed by atoms with Crippen molar-refractivity contribution in [1.82, 2.24) is 5.32 Å². The van der Waals surface area contributed by atoms with Crippen LogP contribution in [0.3, 0.4) is 0 Å². The average molecular weight is 373 g/mol. The lowest BCUT2D eigenvalue weighted by Gasteiger charge is -2.31. The summed E-state index contributed by atoms with van der Waals surface area (Å²) in [6.45, 7) is -0.0343. The van der Waals surface area contributed by atoms with Crippen molar-refractivity contribution in [3.63, 3.8) is 0 Å². The number of carboxylic acid groups (broad SMARTS) is 1. The number of nitrogens with one attached hydrogen (secondary N) is 1. The molecule has 0 bridgehead atoms. The highest BCUT2D eigenvalue weighted by atomic mass is 32.2. The zero-order valence-electron chi connectivity index (χ0n) is 14.2. The maximum atomic E-state index is 13.1. The number of sulfone groups is 1. The van der Waals surface area contributed by atoms with E-state index in [4.69, 9.17) is 19.3 Å². The Hall–Kier alpha value is -1.84. The quantitative estimate of drug-likeness (QED) is 0.695. The molecule has 2 N–H and O–H groups in total. The lowest BCUT2D eigenvalue weighted by molar-refractivity contribution is -0.143.